The highest BCUT2D eigenvalue weighted by atomic mass is 32.2. The number of para-hydroxylation sites is 1. The second kappa shape index (κ2) is 12.2. The molecule has 1 heterocycles. The smallest absolute Gasteiger partial charge is 0.279 e. The monoisotopic (exact) mass is 468 g/mol. The Hall–Kier alpha value is -2.34. The fourth-order valence-corrected chi connectivity index (χ4v) is 5.47. The average Bonchev–Trinajstić information content (AvgIpc) is 3.04. The van der Waals surface area contributed by atoms with Gasteiger partial charge in [-0.2, -0.15) is 0 Å². The van der Waals surface area contributed by atoms with Gasteiger partial charge >= 0.3 is 0 Å². The molecule has 0 spiro atoms. The number of rotatable bonds is 14. The lowest BCUT2D eigenvalue weighted by Gasteiger charge is -2.10. The Morgan fingerprint density at radius 3 is 1.94 bits per heavy atom. The first-order chi connectivity index (χ1) is 16.0. The second-order valence-corrected chi connectivity index (χ2v) is 9.93. The molecule has 0 amide bonds. The van der Waals surface area contributed by atoms with E-state index in [1.54, 1.807) is 16.4 Å². The maximum Gasteiger partial charge on any atom is 0.279 e. The summed E-state index contributed by atoms with van der Waals surface area (Å²) in [5.74, 6) is 0.799. The third kappa shape index (κ3) is 5.78. The van der Waals surface area contributed by atoms with Crippen molar-refractivity contribution in [1.29, 1.82) is 0 Å². The quantitative estimate of drug-likeness (QED) is 0.171. The van der Waals surface area contributed by atoms with Crippen molar-refractivity contribution in [3.63, 3.8) is 0 Å². The van der Waals surface area contributed by atoms with Crippen molar-refractivity contribution in [2.45, 2.75) is 83.0 Å². The molecule has 0 aliphatic carbocycles. The molecule has 0 bridgehead atoms. The minimum atomic E-state index is -0.536. The van der Waals surface area contributed by atoms with Crippen LogP contribution in [-0.4, -0.2) is 15.1 Å². The summed E-state index contributed by atoms with van der Waals surface area (Å²) >= 11 is 1.44. The fraction of sp³-hybridized carbons (Fsp3) is 0.519. The van der Waals surface area contributed by atoms with Crippen molar-refractivity contribution in [3.8, 4) is 16.8 Å². The van der Waals surface area contributed by atoms with Gasteiger partial charge in [-0.25, -0.2) is 4.68 Å². The molecule has 0 saturated carbocycles. The van der Waals surface area contributed by atoms with Crippen LogP contribution < -0.4 is 16.4 Å². The lowest BCUT2D eigenvalue weighted by molar-refractivity contribution is 0.563. The van der Waals surface area contributed by atoms with Crippen molar-refractivity contribution in [2.24, 2.45) is 7.05 Å². The van der Waals surface area contributed by atoms with E-state index in [1.165, 1.54) is 63.1 Å². The highest BCUT2D eigenvalue weighted by Crippen LogP contribution is 2.29. The SMILES string of the molecule is CCCCCCCCCCCCSc1c(-c2c(C)n(C)n(-c3ccccc3)c2=O)c(=O)c1=O. The van der Waals surface area contributed by atoms with Gasteiger partial charge in [-0.1, -0.05) is 82.9 Å². The Morgan fingerprint density at radius 1 is 0.758 bits per heavy atom. The zero-order valence-electron chi connectivity index (χ0n) is 20.2. The minimum Gasteiger partial charge on any atom is -0.285 e. The third-order valence-electron chi connectivity index (χ3n) is 6.42. The molecular formula is C27H36N2O3S. The van der Waals surface area contributed by atoms with E-state index in [2.05, 4.69) is 6.92 Å². The predicted molar refractivity (Wildman–Crippen MR) is 139 cm³/mol. The van der Waals surface area contributed by atoms with Gasteiger partial charge in [-0.3, -0.25) is 19.1 Å². The lowest BCUT2D eigenvalue weighted by atomic mass is 10.0. The van der Waals surface area contributed by atoms with E-state index in [0.717, 1.165) is 24.3 Å². The van der Waals surface area contributed by atoms with Crippen LogP contribution in [0.5, 0.6) is 0 Å². The Morgan fingerprint density at radius 2 is 1.33 bits per heavy atom. The molecule has 2 aromatic carbocycles. The van der Waals surface area contributed by atoms with Crippen LogP contribution in [0.2, 0.25) is 0 Å². The summed E-state index contributed by atoms with van der Waals surface area (Å²) < 4.78 is 3.30. The molecule has 0 unspecified atom stereocenters. The molecule has 3 rings (SSSR count). The van der Waals surface area contributed by atoms with Crippen molar-refractivity contribution >= 4 is 11.8 Å². The van der Waals surface area contributed by atoms with Crippen LogP contribution in [0.15, 0.2) is 49.6 Å². The highest BCUT2D eigenvalue weighted by Gasteiger charge is 2.29. The van der Waals surface area contributed by atoms with Gasteiger partial charge in [0.15, 0.2) is 0 Å². The standard InChI is InChI=1S/C27H36N2O3S/c1-4-5-6-7-8-9-10-11-12-16-19-33-26-23(24(30)25(26)31)22-20(2)28(3)29(27(22)32)21-17-14-13-15-18-21/h13-15,17-18H,4-12,16,19H2,1-3H3. The van der Waals surface area contributed by atoms with Crippen molar-refractivity contribution < 1.29 is 0 Å². The molecule has 33 heavy (non-hydrogen) atoms. The number of thioether (sulfide) groups is 1. The molecule has 5 nitrogen and oxygen atoms in total. The van der Waals surface area contributed by atoms with E-state index < -0.39 is 10.9 Å². The van der Waals surface area contributed by atoms with E-state index in [9.17, 15) is 14.4 Å². The number of unbranched alkanes of at least 4 members (excludes halogenated alkanes) is 9. The molecule has 0 atom stereocenters. The molecule has 0 radical (unpaired) electrons. The summed E-state index contributed by atoms with van der Waals surface area (Å²) in [7, 11) is 1.80. The Labute approximate surface area is 200 Å². The molecule has 0 aliphatic heterocycles. The molecule has 1 aromatic heterocycles. The van der Waals surface area contributed by atoms with Crippen LogP contribution in [-0.2, 0) is 7.05 Å². The molecule has 6 heteroatoms. The van der Waals surface area contributed by atoms with E-state index in [4.69, 9.17) is 0 Å². The highest BCUT2D eigenvalue weighted by molar-refractivity contribution is 7.99. The first-order valence-corrected chi connectivity index (χ1v) is 13.3. The third-order valence-corrected chi connectivity index (χ3v) is 7.59. The molecule has 178 valence electrons. The Bertz CT molecular complexity index is 1170. The van der Waals surface area contributed by atoms with Gasteiger partial charge in [-0.05, 0) is 31.2 Å². The van der Waals surface area contributed by atoms with Gasteiger partial charge in [0, 0.05) is 12.7 Å². The van der Waals surface area contributed by atoms with Gasteiger partial charge in [0.2, 0.25) is 10.9 Å². The van der Waals surface area contributed by atoms with E-state index in [1.807, 2.05) is 37.3 Å². The summed E-state index contributed by atoms with van der Waals surface area (Å²) in [4.78, 5) is 38.5. The number of benzene rings is 1. The van der Waals surface area contributed by atoms with Gasteiger partial charge < -0.3 is 0 Å². The maximum atomic E-state index is 13.2. The number of aromatic nitrogens is 2. The summed E-state index contributed by atoms with van der Waals surface area (Å²) in [6, 6.07) is 9.34. The predicted octanol–water partition coefficient (Wildman–Crippen LogP) is 5.76. The van der Waals surface area contributed by atoms with E-state index >= 15 is 0 Å². The normalized spacial score (nSPS) is 11.5. The maximum absolute atomic E-state index is 13.2. The number of hydrogen-bond acceptors (Lipinski definition) is 4. The first kappa shape index (κ1) is 25.3. The largest absolute Gasteiger partial charge is 0.285 e. The second-order valence-electron chi connectivity index (χ2n) is 8.83. The molecule has 0 saturated heterocycles. The Kier molecular flexibility index (Phi) is 9.36. The lowest BCUT2D eigenvalue weighted by Crippen LogP contribution is -2.36. The van der Waals surface area contributed by atoms with E-state index in [-0.39, 0.29) is 5.56 Å². The van der Waals surface area contributed by atoms with Gasteiger partial charge in [0.05, 0.1) is 21.7 Å². The van der Waals surface area contributed by atoms with E-state index in [0.29, 0.717) is 21.7 Å². The zero-order valence-corrected chi connectivity index (χ0v) is 21.0. The summed E-state index contributed by atoms with van der Waals surface area (Å²) in [6.07, 6.45) is 12.6. The van der Waals surface area contributed by atoms with Crippen LogP contribution in [0.25, 0.3) is 16.8 Å². The molecule has 0 fully saturated rings. The molecular weight excluding hydrogens is 432 g/mol. The van der Waals surface area contributed by atoms with Crippen molar-refractivity contribution in [3.05, 3.63) is 66.8 Å². The van der Waals surface area contributed by atoms with Crippen LogP contribution in [0, 0.1) is 6.92 Å². The first-order valence-electron chi connectivity index (χ1n) is 12.3. The number of hydrogen-bond donors (Lipinski definition) is 0. The fourth-order valence-electron chi connectivity index (χ4n) is 4.36. The molecule has 0 aliphatic rings. The summed E-state index contributed by atoms with van der Waals surface area (Å²) in [5, 5.41) is 0. The summed E-state index contributed by atoms with van der Waals surface area (Å²) in [5.41, 5.74) is 0.854. The van der Waals surface area contributed by atoms with Crippen molar-refractivity contribution in [1.82, 2.24) is 9.36 Å². The van der Waals surface area contributed by atoms with Gasteiger partial charge in [-0.15, -0.1) is 11.8 Å². The van der Waals surface area contributed by atoms with Gasteiger partial charge in [0.25, 0.3) is 5.56 Å². The topological polar surface area (TPSA) is 61.1 Å². The van der Waals surface area contributed by atoms with Crippen LogP contribution in [0.1, 0.15) is 76.8 Å². The molecule has 0 N–H and O–H groups in total. The summed E-state index contributed by atoms with van der Waals surface area (Å²) in [6.45, 7) is 4.06. The average molecular weight is 469 g/mol. The van der Waals surface area contributed by atoms with Crippen LogP contribution in [0.4, 0.5) is 0 Å². The number of nitrogens with zero attached hydrogens (tertiary/aromatic N) is 2. The Balaban J connectivity index is 1.59. The minimum absolute atomic E-state index is 0.255. The van der Waals surface area contributed by atoms with Crippen LogP contribution >= 0.6 is 11.8 Å². The zero-order chi connectivity index (χ0) is 23.8. The van der Waals surface area contributed by atoms with Crippen LogP contribution in [0.3, 0.4) is 0 Å². The molecule has 3 aromatic rings. The van der Waals surface area contributed by atoms with Gasteiger partial charge in [0.1, 0.15) is 0 Å². The van der Waals surface area contributed by atoms with Crippen molar-refractivity contribution in [2.75, 3.05) is 5.75 Å².